The maximum absolute atomic E-state index is 3.57. The van der Waals surface area contributed by atoms with Crippen LogP contribution in [0.5, 0.6) is 0 Å². The zero-order valence-corrected chi connectivity index (χ0v) is 13.9. The van der Waals surface area contributed by atoms with Crippen LogP contribution in [0.2, 0.25) is 0 Å². The first kappa shape index (κ1) is 14.8. The van der Waals surface area contributed by atoms with Crippen LogP contribution in [0, 0.1) is 0 Å². The lowest BCUT2D eigenvalue weighted by atomic mass is 10.1. The summed E-state index contributed by atoms with van der Waals surface area (Å²) in [6, 6.07) is 7.79. The minimum Gasteiger partial charge on any atom is -0.368 e. The van der Waals surface area contributed by atoms with E-state index in [4.69, 9.17) is 0 Å². The molecule has 1 aromatic rings. The van der Waals surface area contributed by atoms with Crippen molar-refractivity contribution in [2.24, 2.45) is 0 Å². The molecule has 2 rings (SSSR count). The van der Waals surface area contributed by atoms with Crippen LogP contribution >= 0.6 is 15.9 Å². The quantitative estimate of drug-likeness (QED) is 0.921. The number of hydrogen-bond donors (Lipinski definition) is 1. The number of benzene rings is 1. The van der Waals surface area contributed by atoms with Gasteiger partial charge in [0.05, 0.1) is 0 Å². The van der Waals surface area contributed by atoms with E-state index in [1.165, 1.54) is 11.3 Å². The first-order valence-electron chi connectivity index (χ1n) is 6.92. The van der Waals surface area contributed by atoms with Gasteiger partial charge in [-0.25, -0.2) is 0 Å². The maximum Gasteiger partial charge on any atom is 0.0413 e. The van der Waals surface area contributed by atoms with E-state index in [-0.39, 0.29) is 0 Å². The molecule has 2 unspecified atom stereocenters. The molecule has 0 amide bonds. The standard InChI is InChI=1S/C15H24BrN3/c1-11-9-19(10-12(2)18(11)4)15-6-5-14(16)7-13(15)8-17-3/h5-7,11-12,17H,8-10H2,1-4H3. The molecule has 1 saturated heterocycles. The highest BCUT2D eigenvalue weighted by molar-refractivity contribution is 9.10. The third-order valence-corrected chi connectivity index (χ3v) is 4.60. The molecule has 1 fully saturated rings. The number of hydrogen-bond acceptors (Lipinski definition) is 3. The number of halogens is 1. The van der Waals surface area contributed by atoms with Crippen molar-refractivity contribution >= 4 is 21.6 Å². The lowest BCUT2D eigenvalue weighted by Gasteiger charge is -2.44. The van der Waals surface area contributed by atoms with E-state index >= 15 is 0 Å². The maximum atomic E-state index is 3.57. The first-order chi connectivity index (χ1) is 9.02. The molecule has 19 heavy (non-hydrogen) atoms. The van der Waals surface area contributed by atoms with Crippen LogP contribution < -0.4 is 10.2 Å². The molecule has 4 heteroatoms. The molecule has 2 atom stereocenters. The minimum atomic E-state index is 0.592. The number of piperazine rings is 1. The van der Waals surface area contributed by atoms with Crippen molar-refractivity contribution in [2.75, 3.05) is 32.1 Å². The summed E-state index contributed by atoms with van der Waals surface area (Å²) in [6.07, 6.45) is 0. The highest BCUT2D eigenvalue weighted by Crippen LogP contribution is 2.27. The predicted molar refractivity (Wildman–Crippen MR) is 85.8 cm³/mol. The van der Waals surface area contributed by atoms with Crippen molar-refractivity contribution in [3.8, 4) is 0 Å². The van der Waals surface area contributed by atoms with E-state index in [1.807, 2.05) is 7.05 Å². The Hall–Kier alpha value is -0.580. The number of anilines is 1. The second-order valence-electron chi connectivity index (χ2n) is 5.57. The minimum absolute atomic E-state index is 0.592. The highest BCUT2D eigenvalue weighted by atomic mass is 79.9. The van der Waals surface area contributed by atoms with Crippen molar-refractivity contribution in [3.63, 3.8) is 0 Å². The van der Waals surface area contributed by atoms with Gasteiger partial charge >= 0.3 is 0 Å². The van der Waals surface area contributed by atoms with Gasteiger partial charge in [0.15, 0.2) is 0 Å². The van der Waals surface area contributed by atoms with E-state index < -0.39 is 0 Å². The van der Waals surface area contributed by atoms with Crippen LogP contribution in [0.3, 0.4) is 0 Å². The lowest BCUT2D eigenvalue weighted by molar-refractivity contribution is 0.170. The third-order valence-electron chi connectivity index (χ3n) is 4.11. The molecular weight excluding hydrogens is 302 g/mol. The zero-order valence-electron chi connectivity index (χ0n) is 12.3. The highest BCUT2D eigenvalue weighted by Gasteiger charge is 2.27. The zero-order chi connectivity index (χ0) is 14.0. The van der Waals surface area contributed by atoms with Crippen molar-refractivity contribution in [2.45, 2.75) is 32.5 Å². The van der Waals surface area contributed by atoms with Crippen molar-refractivity contribution in [1.82, 2.24) is 10.2 Å². The Kier molecular flexibility index (Phi) is 4.87. The number of nitrogens with one attached hydrogen (secondary N) is 1. The molecule has 0 radical (unpaired) electrons. The fourth-order valence-electron chi connectivity index (χ4n) is 2.80. The van der Waals surface area contributed by atoms with Gasteiger partial charge in [0.1, 0.15) is 0 Å². The van der Waals surface area contributed by atoms with Crippen molar-refractivity contribution in [3.05, 3.63) is 28.2 Å². The van der Waals surface area contributed by atoms with Gasteiger partial charge in [0.25, 0.3) is 0 Å². The lowest BCUT2D eigenvalue weighted by Crippen LogP contribution is -2.55. The van der Waals surface area contributed by atoms with E-state index in [2.05, 4.69) is 70.1 Å². The van der Waals surface area contributed by atoms with E-state index in [1.54, 1.807) is 0 Å². The fourth-order valence-corrected chi connectivity index (χ4v) is 3.20. The largest absolute Gasteiger partial charge is 0.368 e. The van der Waals surface area contributed by atoms with Crippen LogP contribution in [0.4, 0.5) is 5.69 Å². The molecule has 0 saturated carbocycles. The second-order valence-corrected chi connectivity index (χ2v) is 6.49. The van der Waals surface area contributed by atoms with Gasteiger partial charge < -0.3 is 10.2 Å². The summed E-state index contributed by atoms with van der Waals surface area (Å²) in [6.45, 7) is 7.71. The molecule has 0 spiro atoms. The average molecular weight is 326 g/mol. The van der Waals surface area contributed by atoms with Crippen molar-refractivity contribution < 1.29 is 0 Å². The SMILES string of the molecule is CNCc1cc(Br)ccc1N1CC(C)N(C)C(C)C1. The van der Waals surface area contributed by atoms with Crippen LogP contribution in [-0.4, -0.2) is 44.2 Å². The van der Waals surface area contributed by atoms with E-state index in [0.29, 0.717) is 12.1 Å². The van der Waals surface area contributed by atoms with E-state index in [9.17, 15) is 0 Å². The number of rotatable bonds is 3. The predicted octanol–water partition coefficient (Wildman–Crippen LogP) is 2.70. The molecule has 1 aliphatic rings. The topological polar surface area (TPSA) is 18.5 Å². The average Bonchev–Trinajstić information content (AvgIpc) is 2.36. The van der Waals surface area contributed by atoms with Crippen molar-refractivity contribution in [1.29, 1.82) is 0 Å². The normalized spacial score (nSPS) is 24.8. The number of nitrogens with zero attached hydrogens (tertiary/aromatic N) is 2. The summed E-state index contributed by atoms with van der Waals surface area (Å²) in [5, 5.41) is 3.26. The summed E-state index contributed by atoms with van der Waals surface area (Å²) >= 11 is 3.57. The summed E-state index contributed by atoms with van der Waals surface area (Å²) < 4.78 is 1.15. The summed E-state index contributed by atoms with van der Waals surface area (Å²) in [5.41, 5.74) is 2.73. The van der Waals surface area contributed by atoms with Gasteiger partial charge in [-0.2, -0.15) is 0 Å². The third kappa shape index (κ3) is 3.30. The van der Waals surface area contributed by atoms with Crippen LogP contribution in [-0.2, 0) is 6.54 Å². The fraction of sp³-hybridized carbons (Fsp3) is 0.600. The smallest absolute Gasteiger partial charge is 0.0413 e. The summed E-state index contributed by atoms with van der Waals surface area (Å²) in [5.74, 6) is 0. The van der Waals surface area contributed by atoms with Gasteiger partial charge in [-0.1, -0.05) is 15.9 Å². The molecule has 106 valence electrons. The first-order valence-corrected chi connectivity index (χ1v) is 7.72. The van der Waals surface area contributed by atoms with Gasteiger partial charge in [-0.15, -0.1) is 0 Å². The van der Waals surface area contributed by atoms with Gasteiger partial charge in [-0.05, 0) is 51.7 Å². The molecule has 0 aliphatic carbocycles. The molecule has 3 nitrogen and oxygen atoms in total. The molecule has 1 aromatic carbocycles. The van der Waals surface area contributed by atoms with Crippen LogP contribution in [0.1, 0.15) is 19.4 Å². The Bertz CT molecular complexity index is 423. The Morgan fingerprint density at radius 3 is 2.47 bits per heavy atom. The Balaban J connectivity index is 2.26. The molecule has 0 bridgehead atoms. The van der Waals surface area contributed by atoms with Crippen LogP contribution in [0.25, 0.3) is 0 Å². The summed E-state index contributed by atoms with van der Waals surface area (Å²) in [7, 11) is 4.22. The Morgan fingerprint density at radius 2 is 1.89 bits per heavy atom. The molecule has 1 N–H and O–H groups in total. The molecule has 1 heterocycles. The molecule has 1 aliphatic heterocycles. The van der Waals surface area contributed by atoms with Gasteiger partial charge in [0.2, 0.25) is 0 Å². The van der Waals surface area contributed by atoms with Crippen LogP contribution in [0.15, 0.2) is 22.7 Å². The second kappa shape index (κ2) is 6.25. The Morgan fingerprint density at radius 1 is 1.26 bits per heavy atom. The van der Waals surface area contributed by atoms with Gasteiger partial charge in [0, 0.05) is 41.9 Å². The summed E-state index contributed by atoms with van der Waals surface area (Å²) in [4.78, 5) is 4.99. The molecular formula is C15H24BrN3. The monoisotopic (exact) mass is 325 g/mol. The molecule has 0 aromatic heterocycles. The van der Waals surface area contributed by atoms with Gasteiger partial charge in [-0.3, -0.25) is 4.90 Å². The van der Waals surface area contributed by atoms with E-state index in [0.717, 1.165) is 24.1 Å². The number of likely N-dealkylation sites (N-methyl/N-ethyl adjacent to an activating group) is 1. The Labute approximate surface area is 125 Å².